The quantitative estimate of drug-likeness (QED) is 0.793. The maximum Gasteiger partial charge on any atom is 0.573 e. The molecule has 0 unspecified atom stereocenters. The van der Waals surface area contributed by atoms with Crippen LogP contribution >= 0.6 is 12.4 Å². The molecule has 1 saturated heterocycles. The molecule has 0 amide bonds. The zero-order valence-electron chi connectivity index (χ0n) is 14.0. The van der Waals surface area contributed by atoms with E-state index in [0.717, 1.165) is 5.56 Å². The summed E-state index contributed by atoms with van der Waals surface area (Å²) in [4.78, 5) is 0. The molecule has 2 aromatic rings. The van der Waals surface area contributed by atoms with Crippen molar-refractivity contribution >= 4 is 12.4 Å². The highest BCUT2D eigenvalue weighted by molar-refractivity contribution is 5.85. The SMILES string of the molecule is CCOc1cccc(-c2ccc(OC3CNC3)c(OC(F)(F)F)c2)c1.Cl. The Morgan fingerprint density at radius 2 is 1.77 bits per heavy atom. The molecule has 0 spiro atoms. The third-order valence-electron chi connectivity index (χ3n) is 3.69. The molecule has 0 aliphatic carbocycles. The summed E-state index contributed by atoms with van der Waals surface area (Å²) in [7, 11) is 0. The van der Waals surface area contributed by atoms with Crippen LogP contribution in [0.3, 0.4) is 0 Å². The molecule has 1 heterocycles. The zero-order valence-corrected chi connectivity index (χ0v) is 14.8. The lowest BCUT2D eigenvalue weighted by Crippen LogP contribution is -2.50. The van der Waals surface area contributed by atoms with Crippen molar-refractivity contribution in [2.75, 3.05) is 19.7 Å². The van der Waals surface area contributed by atoms with Gasteiger partial charge in [-0.1, -0.05) is 18.2 Å². The first-order valence-electron chi connectivity index (χ1n) is 7.95. The lowest BCUT2D eigenvalue weighted by molar-refractivity contribution is -0.275. The van der Waals surface area contributed by atoms with Gasteiger partial charge >= 0.3 is 6.36 Å². The average molecular weight is 390 g/mol. The van der Waals surface area contributed by atoms with Gasteiger partial charge in [0.2, 0.25) is 0 Å². The van der Waals surface area contributed by atoms with Crippen molar-refractivity contribution < 1.29 is 27.4 Å². The summed E-state index contributed by atoms with van der Waals surface area (Å²) in [5.41, 5.74) is 1.31. The van der Waals surface area contributed by atoms with E-state index in [1.54, 1.807) is 30.3 Å². The fraction of sp³-hybridized carbons (Fsp3) is 0.333. The molecule has 4 nitrogen and oxygen atoms in total. The number of ether oxygens (including phenoxy) is 3. The van der Waals surface area contributed by atoms with Crippen LogP contribution in [0.1, 0.15) is 6.92 Å². The van der Waals surface area contributed by atoms with Crippen molar-refractivity contribution in [1.82, 2.24) is 5.32 Å². The van der Waals surface area contributed by atoms with E-state index in [0.29, 0.717) is 31.0 Å². The van der Waals surface area contributed by atoms with Crippen LogP contribution in [0.2, 0.25) is 0 Å². The van der Waals surface area contributed by atoms with Gasteiger partial charge in [-0.2, -0.15) is 0 Å². The molecule has 1 aliphatic heterocycles. The normalized spacial score (nSPS) is 14.2. The standard InChI is InChI=1S/C18H18F3NO3.ClH/c1-2-23-14-5-3-4-12(8-14)13-6-7-16(24-15-10-22-11-15)17(9-13)25-18(19,20)21;/h3-9,15,22H,2,10-11H2,1H3;1H. The first-order chi connectivity index (χ1) is 11.9. The number of hydrogen-bond donors (Lipinski definition) is 1. The summed E-state index contributed by atoms with van der Waals surface area (Å²) < 4.78 is 53.4. The van der Waals surface area contributed by atoms with Gasteiger partial charge in [-0.05, 0) is 42.3 Å². The van der Waals surface area contributed by atoms with Crippen molar-refractivity contribution in [3.05, 3.63) is 42.5 Å². The maximum atomic E-state index is 12.7. The summed E-state index contributed by atoms with van der Waals surface area (Å²) in [5.74, 6) is 0.381. The van der Waals surface area contributed by atoms with E-state index in [4.69, 9.17) is 9.47 Å². The van der Waals surface area contributed by atoms with Gasteiger partial charge in [0.25, 0.3) is 0 Å². The van der Waals surface area contributed by atoms with E-state index >= 15 is 0 Å². The minimum atomic E-state index is -4.79. The monoisotopic (exact) mass is 389 g/mol. The summed E-state index contributed by atoms with van der Waals surface area (Å²) in [6.45, 7) is 3.57. The second-order valence-corrected chi connectivity index (χ2v) is 5.57. The molecule has 2 aromatic carbocycles. The zero-order chi connectivity index (χ0) is 17.9. The molecule has 0 bridgehead atoms. The van der Waals surface area contributed by atoms with E-state index in [9.17, 15) is 13.2 Å². The Morgan fingerprint density at radius 3 is 2.38 bits per heavy atom. The van der Waals surface area contributed by atoms with Gasteiger partial charge in [0, 0.05) is 13.1 Å². The van der Waals surface area contributed by atoms with Gasteiger partial charge in [-0.25, -0.2) is 0 Å². The lowest BCUT2D eigenvalue weighted by Gasteiger charge is -2.28. The van der Waals surface area contributed by atoms with E-state index < -0.39 is 6.36 Å². The highest BCUT2D eigenvalue weighted by Crippen LogP contribution is 2.37. The van der Waals surface area contributed by atoms with Gasteiger partial charge in [0.05, 0.1) is 6.61 Å². The molecule has 1 N–H and O–H groups in total. The highest BCUT2D eigenvalue weighted by Gasteiger charge is 2.33. The average Bonchev–Trinajstić information content (AvgIpc) is 2.51. The van der Waals surface area contributed by atoms with Crippen molar-refractivity contribution in [1.29, 1.82) is 0 Å². The van der Waals surface area contributed by atoms with Crippen LogP contribution in [0.15, 0.2) is 42.5 Å². The Hall–Kier alpha value is -2.12. The van der Waals surface area contributed by atoms with Gasteiger partial charge < -0.3 is 19.5 Å². The predicted molar refractivity (Wildman–Crippen MR) is 94.3 cm³/mol. The number of rotatable bonds is 6. The maximum absolute atomic E-state index is 12.7. The Balaban J connectivity index is 0.00000243. The topological polar surface area (TPSA) is 39.7 Å². The third kappa shape index (κ3) is 5.19. The predicted octanol–water partition coefficient (Wildman–Crippen LogP) is 4.42. The van der Waals surface area contributed by atoms with Crippen LogP contribution in [0.5, 0.6) is 17.2 Å². The fourth-order valence-electron chi connectivity index (χ4n) is 2.45. The number of hydrogen-bond acceptors (Lipinski definition) is 4. The second kappa shape index (κ2) is 8.51. The van der Waals surface area contributed by atoms with Gasteiger partial charge in [-0.15, -0.1) is 25.6 Å². The first-order valence-corrected chi connectivity index (χ1v) is 7.95. The molecule has 3 rings (SSSR count). The molecule has 142 valence electrons. The van der Waals surface area contributed by atoms with Crippen LogP contribution in [-0.4, -0.2) is 32.2 Å². The van der Waals surface area contributed by atoms with Gasteiger partial charge in [0.15, 0.2) is 11.5 Å². The Kier molecular flexibility index (Phi) is 6.61. The highest BCUT2D eigenvalue weighted by atomic mass is 35.5. The van der Waals surface area contributed by atoms with E-state index in [1.807, 2.05) is 6.92 Å². The lowest BCUT2D eigenvalue weighted by atomic mass is 10.0. The largest absolute Gasteiger partial charge is 0.573 e. The molecule has 26 heavy (non-hydrogen) atoms. The molecule has 1 aliphatic rings. The minimum Gasteiger partial charge on any atom is -0.494 e. The molecular weight excluding hydrogens is 371 g/mol. The molecular formula is C18H19ClF3NO3. The Morgan fingerprint density at radius 1 is 1.04 bits per heavy atom. The van der Waals surface area contributed by atoms with Crippen molar-refractivity contribution in [3.63, 3.8) is 0 Å². The van der Waals surface area contributed by atoms with Crippen LogP contribution in [-0.2, 0) is 0 Å². The van der Waals surface area contributed by atoms with Gasteiger partial charge in [-0.3, -0.25) is 0 Å². The summed E-state index contributed by atoms with van der Waals surface area (Å²) in [6, 6.07) is 11.7. The van der Waals surface area contributed by atoms with Crippen LogP contribution in [0.25, 0.3) is 11.1 Å². The summed E-state index contributed by atoms with van der Waals surface area (Å²) in [5, 5.41) is 3.00. The fourth-order valence-corrected chi connectivity index (χ4v) is 2.45. The number of halogens is 4. The molecule has 0 saturated carbocycles. The van der Waals surface area contributed by atoms with Crippen molar-refractivity contribution in [3.8, 4) is 28.4 Å². The third-order valence-corrected chi connectivity index (χ3v) is 3.69. The van der Waals surface area contributed by atoms with E-state index in [2.05, 4.69) is 10.1 Å². The van der Waals surface area contributed by atoms with Gasteiger partial charge in [0.1, 0.15) is 11.9 Å². The Bertz CT molecular complexity index is 736. The molecule has 8 heteroatoms. The van der Waals surface area contributed by atoms with Crippen LogP contribution in [0, 0.1) is 0 Å². The molecule has 1 fully saturated rings. The molecule has 0 radical (unpaired) electrons. The Labute approximate surface area is 155 Å². The number of alkyl halides is 3. The van der Waals surface area contributed by atoms with Crippen LogP contribution in [0.4, 0.5) is 13.2 Å². The number of benzene rings is 2. The van der Waals surface area contributed by atoms with Crippen LogP contribution < -0.4 is 19.5 Å². The number of nitrogens with one attached hydrogen (secondary N) is 1. The van der Waals surface area contributed by atoms with E-state index in [1.165, 1.54) is 12.1 Å². The molecule has 0 atom stereocenters. The first kappa shape index (κ1) is 20.2. The van der Waals surface area contributed by atoms with E-state index in [-0.39, 0.29) is 30.0 Å². The summed E-state index contributed by atoms with van der Waals surface area (Å²) >= 11 is 0. The van der Waals surface area contributed by atoms with Crippen molar-refractivity contribution in [2.24, 2.45) is 0 Å². The second-order valence-electron chi connectivity index (χ2n) is 5.57. The minimum absolute atomic E-state index is 0. The van der Waals surface area contributed by atoms with Crippen molar-refractivity contribution in [2.45, 2.75) is 19.4 Å². The smallest absolute Gasteiger partial charge is 0.494 e. The summed E-state index contributed by atoms with van der Waals surface area (Å²) in [6.07, 6.45) is -4.94. The molecule has 0 aromatic heterocycles.